The molecule has 1 heterocycles. The highest BCUT2D eigenvalue weighted by atomic mass is 16.5. The first kappa shape index (κ1) is 16.4. The van der Waals surface area contributed by atoms with Gasteiger partial charge >= 0.3 is 5.97 Å². The van der Waals surface area contributed by atoms with E-state index in [0.717, 1.165) is 5.56 Å². The predicted octanol–water partition coefficient (Wildman–Crippen LogP) is 2.27. The van der Waals surface area contributed by atoms with E-state index in [1.165, 1.54) is 13.2 Å². The van der Waals surface area contributed by atoms with Crippen LogP contribution in [0, 0.1) is 6.92 Å². The second-order valence-electron chi connectivity index (χ2n) is 5.42. The van der Waals surface area contributed by atoms with E-state index in [4.69, 9.17) is 0 Å². The Balaban J connectivity index is 2.00. The van der Waals surface area contributed by atoms with Gasteiger partial charge in [-0.1, -0.05) is 24.3 Å². The zero-order chi connectivity index (χ0) is 18.0. The van der Waals surface area contributed by atoms with Gasteiger partial charge in [0.25, 0.3) is 11.5 Å². The number of aromatic nitrogens is 2. The Labute approximate surface area is 142 Å². The van der Waals surface area contributed by atoms with Crippen LogP contribution in [0.4, 0.5) is 5.69 Å². The molecule has 3 rings (SSSR count). The molecule has 7 nitrogen and oxygen atoms in total. The minimum Gasteiger partial charge on any atom is -0.465 e. The summed E-state index contributed by atoms with van der Waals surface area (Å²) in [5.41, 5.74) is 1.29. The molecule has 0 spiro atoms. The number of fused-ring (bicyclic) bond motifs is 1. The van der Waals surface area contributed by atoms with Gasteiger partial charge in [0.1, 0.15) is 0 Å². The van der Waals surface area contributed by atoms with E-state index in [2.05, 4.69) is 20.3 Å². The number of anilines is 1. The number of hydrogen-bond acceptors (Lipinski definition) is 5. The normalized spacial score (nSPS) is 10.5. The average Bonchev–Trinajstić information content (AvgIpc) is 2.63. The number of aromatic amines is 1. The summed E-state index contributed by atoms with van der Waals surface area (Å²) < 4.78 is 4.69. The van der Waals surface area contributed by atoms with Crippen LogP contribution in [0.25, 0.3) is 10.8 Å². The third kappa shape index (κ3) is 3.12. The van der Waals surface area contributed by atoms with Crippen molar-refractivity contribution in [2.45, 2.75) is 6.92 Å². The SMILES string of the molecule is COC(=O)c1ccc(C)c(NC(=O)c2n[nH]c(=O)c3ccccc23)c1. The van der Waals surface area contributed by atoms with Crippen molar-refractivity contribution >= 4 is 28.3 Å². The second-order valence-corrected chi connectivity index (χ2v) is 5.42. The number of carbonyl (C=O) groups is 2. The summed E-state index contributed by atoms with van der Waals surface area (Å²) in [4.78, 5) is 36.1. The number of rotatable bonds is 3. The van der Waals surface area contributed by atoms with E-state index in [1.807, 2.05) is 0 Å². The first-order chi connectivity index (χ1) is 12.0. The van der Waals surface area contributed by atoms with Crippen molar-refractivity contribution in [2.24, 2.45) is 0 Å². The van der Waals surface area contributed by atoms with Crippen molar-refractivity contribution in [1.29, 1.82) is 0 Å². The van der Waals surface area contributed by atoms with Crippen LogP contribution >= 0.6 is 0 Å². The Morgan fingerprint density at radius 1 is 1.12 bits per heavy atom. The number of ether oxygens (including phenoxy) is 1. The lowest BCUT2D eigenvalue weighted by molar-refractivity contribution is 0.0600. The zero-order valence-electron chi connectivity index (χ0n) is 13.6. The Morgan fingerprint density at radius 3 is 2.56 bits per heavy atom. The van der Waals surface area contributed by atoms with E-state index in [1.54, 1.807) is 43.3 Å². The summed E-state index contributed by atoms with van der Waals surface area (Å²) in [5, 5.41) is 9.74. The molecule has 2 N–H and O–H groups in total. The van der Waals surface area contributed by atoms with Gasteiger partial charge in [-0.05, 0) is 30.7 Å². The van der Waals surface area contributed by atoms with Crippen LogP contribution in [0.2, 0.25) is 0 Å². The zero-order valence-corrected chi connectivity index (χ0v) is 13.6. The maximum Gasteiger partial charge on any atom is 0.337 e. The minimum absolute atomic E-state index is 0.0954. The maximum absolute atomic E-state index is 12.6. The first-order valence-electron chi connectivity index (χ1n) is 7.49. The van der Waals surface area contributed by atoms with Crippen LogP contribution in [0.3, 0.4) is 0 Å². The highest BCUT2D eigenvalue weighted by molar-refractivity contribution is 6.11. The van der Waals surface area contributed by atoms with Crippen LogP contribution in [-0.4, -0.2) is 29.2 Å². The molecular formula is C18H15N3O4. The summed E-state index contributed by atoms with van der Waals surface area (Å²) in [5.74, 6) is -0.985. The van der Waals surface area contributed by atoms with Gasteiger partial charge in [-0.2, -0.15) is 5.10 Å². The van der Waals surface area contributed by atoms with Crippen molar-refractivity contribution in [3.63, 3.8) is 0 Å². The predicted molar refractivity (Wildman–Crippen MR) is 92.8 cm³/mol. The number of amides is 1. The Hall–Kier alpha value is -3.48. The number of aryl methyl sites for hydroxylation is 1. The fourth-order valence-corrected chi connectivity index (χ4v) is 2.47. The Morgan fingerprint density at radius 2 is 1.84 bits per heavy atom. The van der Waals surface area contributed by atoms with Crippen molar-refractivity contribution in [3.8, 4) is 0 Å². The monoisotopic (exact) mass is 337 g/mol. The largest absolute Gasteiger partial charge is 0.465 e. The summed E-state index contributed by atoms with van der Waals surface area (Å²) in [6.45, 7) is 1.80. The van der Waals surface area contributed by atoms with Crippen LogP contribution in [0.5, 0.6) is 0 Å². The van der Waals surface area contributed by atoms with Gasteiger partial charge in [0.2, 0.25) is 0 Å². The number of nitrogens with zero attached hydrogens (tertiary/aromatic N) is 1. The van der Waals surface area contributed by atoms with Crippen molar-refractivity contribution in [2.75, 3.05) is 12.4 Å². The molecule has 3 aromatic rings. The van der Waals surface area contributed by atoms with E-state index in [0.29, 0.717) is 22.0 Å². The third-order valence-corrected chi connectivity index (χ3v) is 3.82. The molecule has 0 atom stereocenters. The molecule has 2 aromatic carbocycles. The van der Waals surface area contributed by atoms with Crippen molar-refractivity contribution in [1.82, 2.24) is 10.2 Å². The number of carbonyl (C=O) groups excluding carboxylic acids is 2. The molecule has 1 aromatic heterocycles. The molecule has 0 saturated carbocycles. The van der Waals surface area contributed by atoms with Gasteiger partial charge in [0, 0.05) is 11.1 Å². The number of methoxy groups -OCH3 is 1. The second kappa shape index (κ2) is 6.56. The number of benzene rings is 2. The van der Waals surface area contributed by atoms with Crippen molar-refractivity contribution in [3.05, 3.63) is 69.6 Å². The molecule has 25 heavy (non-hydrogen) atoms. The Bertz CT molecular complexity index is 1040. The molecule has 0 unspecified atom stereocenters. The number of hydrogen-bond donors (Lipinski definition) is 2. The van der Waals surface area contributed by atoms with Gasteiger partial charge in [-0.25, -0.2) is 9.89 Å². The topological polar surface area (TPSA) is 101 Å². The quantitative estimate of drug-likeness (QED) is 0.714. The van der Waals surface area contributed by atoms with Crippen molar-refractivity contribution < 1.29 is 14.3 Å². The fraction of sp³-hybridized carbons (Fsp3) is 0.111. The lowest BCUT2D eigenvalue weighted by Crippen LogP contribution is -2.20. The minimum atomic E-state index is -0.497. The van der Waals surface area contributed by atoms with Crippen LogP contribution in [0.1, 0.15) is 26.4 Å². The Kier molecular flexibility index (Phi) is 4.30. The number of H-pyrrole nitrogens is 1. The molecule has 0 saturated heterocycles. The highest BCUT2D eigenvalue weighted by Gasteiger charge is 2.16. The van der Waals surface area contributed by atoms with Gasteiger partial charge < -0.3 is 10.1 Å². The molecule has 0 radical (unpaired) electrons. The summed E-state index contributed by atoms with van der Waals surface area (Å²) in [7, 11) is 1.29. The van der Waals surface area contributed by atoms with Gasteiger partial charge in [-0.3, -0.25) is 9.59 Å². The number of esters is 1. The summed E-state index contributed by atoms with van der Waals surface area (Å²) in [6.07, 6.45) is 0. The molecule has 0 bridgehead atoms. The van der Waals surface area contributed by atoms with Crippen LogP contribution < -0.4 is 10.9 Å². The molecule has 7 heteroatoms. The van der Waals surface area contributed by atoms with Gasteiger partial charge in [0.15, 0.2) is 5.69 Å². The molecular weight excluding hydrogens is 322 g/mol. The van der Waals surface area contributed by atoms with E-state index in [-0.39, 0.29) is 11.3 Å². The molecule has 126 valence electrons. The third-order valence-electron chi connectivity index (χ3n) is 3.82. The van der Waals surface area contributed by atoms with Gasteiger partial charge in [0.05, 0.1) is 18.1 Å². The maximum atomic E-state index is 12.6. The lowest BCUT2D eigenvalue weighted by Gasteiger charge is -2.10. The highest BCUT2D eigenvalue weighted by Crippen LogP contribution is 2.20. The van der Waals surface area contributed by atoms with E-state index in [9.17, 15) is 14.4 Å². The lowest BCUT2D eigenvalue weighted by atomic mass is 10.1. The fourth-order valence-electron chi connectivity index (χ4n) is 2.47. The average molecular weight is 337 g/mol. The van der Waals surface area contributed by atoms with E-state index < -0.39 is 11.9 Å². The molecule has 0 aliphatic carbocycles. The molecule has 0 fully saturated rings. The number of nitrogens with one attached hydrogen (secondary N) is 2. The summed E-state index contributed by atoms with van der Waals surface area (Å²) >= 11 is 0. The van der Waals surface area contributed by atoms with Gasteiger partial charge in [-0.15, -0.1) is 0 Å². The molecule has 1 amide bonds. The van der Waals surface area contributed by atoms with Crippen LogP contribution in [0.15, 0.2) is 47.3 Å². The first-order valence-corrected chi connectivity index (χ1v) is 7.49. The summed E-state index contributed by atoms with van der Waals surface area (Å²) in [6, 6.07) is 11.6. The van der Waals surface area contributed by atoms with E-state index >= 15 is 0 Å². The molecule has 0 aliphatic heterocycles. The molecule has 0 aliphatic rings. The van der Waals surface area contributed by atoms with Crippen LogP contribution in [-0.2, 0) is 4.74 Å². The standard InChI is InChI=1S/C18H15N3O4/c1-10-7-8-11(18(24)25-2)9-14(10)19-17(23)15-12-5-3-4-6-13(12)16(22)21-20-15/h3-9H,1-2H3,(H,19,23)(H,21,22). The smallest absolute Gasteiger partial charge is 0.337 e.